The van der Waals surface area contributed by atoms with Crippen molar-refractivity contribution in [1.29, 1.82) is 0 Å². The number of fused-ring (bicyclic) bond motifs is 1. The van der Waals surface area contributed by atoms with Crippen molar-refractivity contribution in [1.82, 2.24) is 10.3 Å². The van der Waals surface area contributed by atoms with Crippen LogP contribution in [-0.4, -0.2) is 23.5 Å². The lowest BCUT2D eigenvalue weighted by Gasteiger charge is -2.12. The van der Waals surface area contributed by atoms with Gasteiger partial charge in [0.15, 0.2) is 0 Å². The molecule has 1 amide bonds. The van der Waals surface area contributed by atoms with Gasteiger partial charge in [-0.1, -0.05) is 31.0 Å². The Kier molecular flexibility index (Phi) is 4.15. The fourth-order valence-electron chi connectivity index (χ4n) is 2.91. The average Bonchev–Trinajstić information content (AvgIpc) is 2.99. The van der Waals surface area contributed by atoms with Crippen molar-refractivity contribution in [3.8, 4) is 0 Å². The van der Waals surface area contributed by atoms with Crippen LogP contribution in [0, 0.1) is 6.92 Å². The highest BCUT2D eigenvalue weighted by molar-refractivity contribution is 6.00. The topological polar surface area (TPSA) is 54.0 Å². The molecule has 1 saturated carbocycles. The maximum absolute atomic E-state index is 12.1. The number of aryl methyl sites for hydroxylation is 1. The van der Waals surface area contributed by atoms with E-state index in [1.165, 1.54) is 25.7 Å². The zero-order valence-electron chi connectivity index (χ0n) is 12.4. The van der Waals surface area contributed by atoms with E-state index in [1.807, 2.05) is 37.3 Å². The van der Waals surface area contributed by atoms with Crippen molar-refractivity contribution in [2.75, 3.05) is 11.9 Å². The van der Waals surface area contributed by atoms with Crippen LogP contribution in [0.15, 0.2) is 30.3 Å². The first kappa shape index (κ1) is 14.0. The highest BCUT2D eigenvalue weighted by Crippen LogP contribution is 2.22. The van der Waals surface area contributed by atoms with Crippen molar-refractivity contribution >= 4 is 22.5 Å². The van der Waals surface area contributed by atoms with Gasteiger partial charge in [-0.2, -0.15) is 0 Å². The molecule has 1 fully saturated rings. The summed E-state index contributed by atoms with van der Waals surface area (Å²) in [6.07, 6.45) is 4.90. The minimum absolute atomic E-state index is 0.00212. The van der Waals surface area contributed by atoms with Crippen LogP contribution in [0.3, 0.4) is 0 Å². The summed E-state index contributed by atoms with van der Waals surface area (Å²) in [5.41, 5.74) is 2.59. The van der Waals surface area contributed by atoms with Gasteiger partial charge in [-0.3, -0.25) is 9.78 Å². The lowest BCUT2D eigenvalue weighted by atomic mass is 10.1. The van der Waals surface area contributed by atoms with E-state index in [-0.39, 0.29) is 5.91 Å². The van der Waals surface area contributed by atoms with Gasteiger partial charge in [0.05, 0.1) is 17.7 Å². The summed E-state index contributed by atoms with van der Waals surface area (Å²) in [7, 11) is 0. The standard InChI is InChI=1S/C17H21N3O/c1-12-9-10-13-5-4-8-15(17(13)19-12)20-16(21)11-18-14-6-2-3-7-14/h4-5,8-10,14,18H,2-3,6-7,11H2,1H3,(H,20,21). The number of para-hydroxylation sites is 1. The number of carbonyl (C=O) groups excluding carboxylic acids is 1. The third-order valence-electron chi connectivity index (χ3n) is 4.04. The summed E-state index contributed by atoms with van der Waals surface area (Å²) in [4.78, 5) is 16.6. The van der Waals surface area contributed by atoms with Gasteiger partial charge in [-0.05, 0) is 31.9 Å². The predicted molar refractivity (Wildman–Crippen MR) is 85.4 cm³/mol. The molecule has 1 aromatic carbocycles. The number of hydrogen-bond acceptors (Lipinski definition) is 3. The minimum atomic E-state index is -0.00212. The molecule has 0 radical (unpaired) electrons. The lowest BCUT2D eigenvalue weighted by molar-refractivity contribution is -0.115. The van der Waals surface area contributed by atoms with Gasteiger partial charge in [0.2, 0.25) is 5.91 Å². The van der Waals surface area contributed by atoms with Gasteiger partial charge < -0.3 is 10.6 Å². The largest absolute Gasteiger partial charge is 0.323 e. The number of pyridine rings is 1. The molecule has 21 heavy (non-hydrogen) atoms. The molecule has 1 aliphatic carbocycles. The highest BCUT2D eigenvalue weighted by Gasteiger charge is 2.15. The smallest absolute Gasteiger partial charge is 0.238 e. The first-order chi connectivity index (χ1) is 10.2. The summed E-state index contributed by atoms with van der Waals surface area (Å²) in [5, 5.41) is 7.34. The van der Waals surface area contributed by atoms with E-state index in [0.717, 1.165) is 22.3 Å². The molecule has 0 aliphatic heterocycles. The second kappa shape index (κ2) is 6.22. The maximum atomic E-state index is 12.1. The van der Waals surface area contributed by atoms with Crippen LogP contribution in [0.4, 0.5) is 5.69 Å². The van der Waals surface area contributed by atoms with Crippen molar-refractivity contribution < 1.29 is 4.79 Å². The van der Waals surface area contributed by atoms with Crippen LogP contribution in [0.2, 0.25) is 0 Å². The monoisotopic (exact) mass is 283 g/mol. The van der Waals surface area contributed by atoms with E-state index in [2.05, 4.69) is 15.6 Å². The Morgan fingerprint density at radius 2 is 2.05 bits per heavy atom. The van der Waals surface area contributed by atoms with Crippen molar-refractivity contribution in [2.24, 2.45) is 0 Å². The van der Waals surface area contributed by atoms with Gasteiger partial charge in [-0.15, -0.1) is 0 Å². The first-order valence-electron chi connectivity index (χ1n) is 7.62. The lowest BCUT2D eigenvalue weighted by Crippen LogP contribution is -2.34. The number of aromatic nitrogens is 1. The van der Waals surface area contributed by atoms with E-state index in [1.54, 1.807) is 0 Å². The van der Waals surface area contributed by atoms with Crippen LogP contribution in [0.1, 0.15) is 31.4 Å². The van der Waals surface area contributed by atoms with Crippen LogP contribution in [0.25, 0.3) is 10.9 Å². The van der Waals surface area contributed by atoms with E-state index in [9.17, 15) is 4.79 Å². The van der Waals surface area contributed by atoms with Crippen molar-refractivity contribution in [3.05, 3.63) is 36.0 Å². The third kappa shape index (κ3) is 3.39. The number of carbonyl (C=O) groups is 1. The summed E-state index contributed by atoms with van der Waals surface area (Å²) in [5.74, 6) is -0.00212. The van der Waals surface area contributed by atoms with Gasteiger partial charge in [0.25, 0.3) is 0 Å². The molecule has 2 N–H and O–H groups in total. The second-order valence-electron chi connectivity index (χ2n) is 5.74. The van der Waals surface area contributed by atoms with Gasteiger partial charge in [0, 0.05) is 17.1 Å². The molecular weight excluding hydrogens is 262 g/mol. The fourth-order valence-corrected chi connectivity index (χ4v) is 2.91. The number of anilines is 1. The van der Waals surface area contributed by atoms with Crippen LogP contribution >= 0.6 is 0 Å². The number of rotatable bonds is 4. The summed E-state index contributed by atoms with van der Waals surface area (Å²) in [6, 6.07) is 10.4. The molecule has 0 unspecified atom stereocenters. The molecule has 3 rings (SSSR count). The van der Waals surface area contributed by atoms with Crippen molar-refractivity contribution in [3.63, 3.8) is 0 Å². The Morgan fingerprint density at radius 1 is 1.24 bits per heavy atom. The summed E-state index contributed by atoms with van der Waals surface area (Å²) < 4.78 is 0. The third-order valence-corrected chi connectivity index (χ3v) is 4.04. The Labute approximate surface area is 125 Å². The molecule has 0 saturated heterocycles. The molecule has 110 valence electrons. The molecule has 1 aliphatic rings. The molecule has 0 spiro atoms. The number of hydrogen-bond donors (Lipinski definition) is 2. The number of benzene rings is 1. The number of nitrogens with one attached hydrogen (secondary N) is 2. The molecule has 4 nitrogen and oxygen atoms in total. The van der Waals surface area contributed by atoms with E-state index < -0.39 is 0 Å². The predicted octanol–water partition coefficient (Wildman–Crippen LogP) is 3.01. The molecular formula is C17H21N3O. The van der Waals surface area contributed by atoms with E-state index >= 15 is 0 Å². The molecule has 1 heterocycles. The minimum Gasteiger partial charge on any atom is -0.323 e. The fraction of sp³-hybridized carbons (Fsp3) is 0.412. The zero-order valence-corrected chi connectivity index (χ0v) is 12.4. The number of amides is 1. The van der Waals surface area contributed by atoms with Crippen LogP contribution in [0.5, 0.6) is 0 Å². The molecule has 0 atom stereocenters. The quantitative estimate of drug-likeness (QED) is 0.907. The zero-order chi connectivity index (χ0) is 14.7. The Hall–Kier alpha value is -1.94. The normalized spacial score (nSPS) is 15.5. The Balaban J connectivity index is 1.69. The van der Waals surface area contributed by atoms with Gasteiger partial charge in [-0.25, -0.2) is 0 Å². The Bertz CT molecular complexity index is 648. The first-order valence-corrected chi connectivity index (χ1v) is 7.62. The second-order valence-corrected chi connectivity index (χ2v) is 5.74. The molecule has 4 heteroatoms. The molecule has 2 aromatic rings. The average molecular weight is 283 g/mol. The SMILES string of the molecule is Cc1ccc2cccc(NC(=O)CNC3CCCC3)c2n1. The van der Waals surface area contributed by atoms with E-state index in [0.29, 0.717) is 12.6 Å². The molecule has 1 aromatic heterocycles. The summed E-state index contributed by atoms with van der Waals surface area (Å²) in [6.45, 7) is 2.33. The highest BCUT2D eigenvalue weighted by atomic mass is 16.1. The van der Waals surface area contributed by atoms with Crippen molar-refractivity contribution in [2.45, 2.75) is 38.6 Å². The summed E-state index contributed by atoms with van der Waals surface area (Å²) >= 11 is 0. The van der Waals surface area contributed by atoms with E-state index in [4.69, 9.17) is 0 Å². The maximum Gasteiger partial charge on any atom is 0.238 e. The van der Waals surface area contributed by atoms with Crippen LogP contribution in [-0.2, 0) is 4.79 Å². The Morgan fingerprint density at radius 3 is 2.86 bits per heavy atom. The van der Waals surface area contributed by atoms with Crippen LogP contribution < -0.4 is 10.6 Å². The number of nitrogens with zero attached hydrogens (tertiary/aromatic N) is 1. The molecule has 0 bridgehead atoms. The van der Waals surface area contributed by atoms with Gasteiger partial charge in [0.1, 0.15) is 0 Å². The van der Waals surface area contributed by atoms with Gasteiger partial charge >= 0.3 is 0 Å².